The lowest BCUT2D eigenvalue weighted by atomic mass is 9.88. The molecule has 1 fully saturated rings. The molecule has 1 heterocycles. The van der Waals surface area contributed by atoms with Gasteiger partial charge in [0.05, 0.1) is 12.7 Å². The number of hydrogen-bond acceptors (Lipinski definition) is 3. The molecule has 0 spiro atoms. The lowest BCUT2D eigenvalue weighted by molar-refractivity contribution is -0.0505. The summed E-state index contributed by atoms with van der Waals surface area (Å²) in [5.74, 6) is 0.961. The highest BCUT2D eigenvalue weighted by Gasteiger charge is 2.37. The summed E-state index contributed by atoms with van der Waals surface area (Å²) in [5.41, 5.74) is 2.40. The Hall–Kier alpha value is -1.06. The minimum absolute atomic E-state index is 0.0391. The van der Waals surface area contributed by atoms with Gasteiger partial charge in [-0.05, 0) is 24.1 Å². The predicted molar refractivity (Wildman–Crippen MR) is 64.0 cm³/mol. The van der Waals surface area contributed by atoms with E-state index < -0.39 is 0 Å². The van der Waals surface area contributed by atoms with Gasteiger partial charge in [0.2, 0.25) is 0 Å². The first-order chi connectivity index (χ1) is 7.69. The molecule has 88 valence electrons. The van der Waals surface area contributed by atoms with Crippen LogP contribution in [0.2, 0.25) is 0 Å². The van der Waals surface area contributed by atoms with E-state index in [9.17, 15) is 0 Å². The number of methoxy groups -OCH3 is 2. The molecule has 0 unspecified atom stereocenters. The molecule has 1 saturated heterocycles. The van der Waals surface area contributed by atoms with Crippen LogP contribution >= 0.6 is 0 Å². The Morgan fingerprint density at radius 3 is 2.56 bits per heavy atom. The van der Waals surface area contributed by atoms with Gasteiger partial charge in [0.1, 0.15) is 5.75 Å². The minimum Gasteiger partial charge on any atom is -0.496 e. The van der Waals surface area contributed by atoms with E-state index in [1.54, 1.807) is 14.2 Å². The van der Waals surface area contributed by atoms with E-state index >= 15 is 0 Å². The maximum Gasteiger partial charge on any atom is 0.122 e. The maximum absolute atomic E-state index is 5.59. The minimum atomic E-state index is -0.0391. The predicted octanol–water partition coefficient (Wildman–Crippen LogP) is 1.53. The van der Waals surface area contributed by atoms with Crippen molar-refractivity contribution in [2.24, 2.45) is 0 Å². The lowest BCUT2D eigenvalue weighted by Gasteiger charge is -2.41. The van der Waals surface area contributed by atoms with Crippen molar-refractivity contribution in [2.45, 2.75) is 18.9 Å². The molecule has 1 aliphatic rings. The van der Waals surface area contributed by atoms with Gasteiger partial charge in [-0.15, -0.1) is 0 Å². The molecule has 1 N–H and O–H groups in total. The Bertz CT molecular complexity index is 367. The van der Waals surface area contributed by atoms with Crippen LogP contribution in [0.3, 0.4) is 0 Å². The molecule has 0 bridgehead atoms. The Morgan fingerprint density at radius 2 is 2.06 bits per heavy atom. The summed E-state index contributed by atoms with van der Waals surface area (Å²) in [6.07, 6.45) is 0.903. The highest BCUT2D eigenvalue weighted by Crippen LogP contribution is 2.28. The molecule has 2 rings (SSSR count). The summed E-state index contributed by atoms with van der Waals surface area (Å²) < 4.78 is 11.0. The standard InChI is InChI=1S/C13H19NO2/c1-10-4-5-11(12(6-10)15-2)7-13(16-3)8-14-9-13/h4-6,14H,7-9H2,1-3H3. The van der Waals surface area contributed by atoms with Crippen LogP contribution in [-0.2, 0) is 11.2 Å². The third kappa shape index (κ3) is 2.06. The van der Waals surface area contributed by atoms with Crippen molar-refractivity contribution in [3.63, 3.8) is 0 Å². The second kappa shape index (κ2) is 4.44. The van der Waals surface area contributed by atoms with Gasteiger partial charge in [0.25, 0.3) is 0 Å². The van der Waals surface area contributed by atoms with Gasteiger partial charge in [-0.25, -0.2) is 0 Å². The second-order valence-corrected chi connectivity index (χ2v) is 4.48. The summed E-state index contributed by atoms with van der Waals surface area (Å²) in [7, 11) is 3.50. The molecule has 16 heavy (non-hydrogen) atoms. The van der Waals surface area contributed by atoms with E-state index in [4.69, 9.17) is 9.47 Å². The summed E-state index contributed by atoms with van der Waals surface area (Å²) in [4.78, 5) is 0. The molecule has 0 amide bonds. The number of hydrogen-bond donors (Lipinski definition) is 1. The van der Waals surface area contributed by atoms with Gasteiger partial charge in [-0.1, -0.05) is 12.1 Å². The van der Waals surface area contributed by atoms with Crippen molar-refractivity contribution >= 4 is 0 Å². The largest absolute Gasteiger partial charge is 0.496 e. The molecular formula is C13H19NO2. The molecule has 1 aromatic rings. The molecule has 0 aromatic heterocycles. The van der Waals surface area contributed by atoms with Gasteiger partial charge in [0.15, 0.2) is 0 Å². The van der Waals surface area contributed by atoms with Gasteiger partial charge in [0, 0.05) is 26.6 Å². The fraction of sp³-hybridized carbons (Fsp3) is 0.538. The molecular weight excluding hydrogens is 202 g/mol. The van der Waals surface area contributed by atoms with Crippen molar-refractivity contribution in [1.82, 2.24) is 5.32 Å². The zero-order valence-corrected chi connectivity index (χ0v) is 10.2. The van der Waals surface area contributed by atoms with Crippen LogP contribution in [0.5, 0.6) is 5.75 Å². The fourth-order valence-electron chi connectivity index (χ4n) is 2.09. The van der Waals surface area contributed by atoms with Crippen LogP contribution < -0.4 is 10.1 Å². The first-order valence-corrected chi connectivity index (χ1v) is 5.58. The van der Waals surface area contributed by atoms with Crippen molar-refractivity contribution in [1.29, 1.82) is 0 Å². The summed E-state index contributed by atoms with van der Waals surface area (Å²) >= 11 is 0. The number of aryl methyl sites for hydroxylation is 1. The molecule has 1 aromatic carbocycles. The number of rotatable bonds is 4. The monoisotopic (exact) mass is 221 g/mol. The van der Waals surface area contributed by atoms with E-state index in [2.05, 4.69) is 30.4 Å². The average molecular weight is 221 g/mol. The smallest absolute Gasteiger partial charge is 0.122 e. The average Bonchev–Trinajstić information content (AvgIpc) is 2.25. The van der Waals surface area contributed by atoms with Gasteiger partial charge >= 0.3 is 0 Å². The van der Waals surface area contributed by atoms with E-state index in [1.807, 2.05) is 0 Å². The van der Waals surface area contributed by atoms with E-state index in [-0.39, 0.29) is 5.60 Å². The van der Waals surface area contributed by atoms with Crippen LogP contribution in [0, 0.1) is 6.92 Å². The highest BCUT2D eigenvalue weighted by atomic mass is 16.5. The van der Waals surface area contributed by atoms with Crippen molar-refractivity contribution in [2.75, 3.05) is 27.3 Å². The van der Waals surface area contributed by atoms with Crippen LogP contribution in [0.4, 0.5) is 0 Å². The van der Waals surface area contributed by atoms with E-state index in [0.717, 1.165) is 25.3 Å². The number of ether oxygens (including phenoxy) is 2. The topological polar surface area (TPSA) is 30.5 Å². The Morgan fingerprint density at radius 1 is 1.31 bits per heavy atom. The third-order valence-electron chi connectivity index (χ3n) is 3.28. The molecule has 3 heteroatoms. The molecule has 1 aliphatic heterocycles. The normalized spacial score (nSPS) is 17.9. The maximum atomic E-state index is 5.59. The quantitative estimate of drug-likeness (QED) is 0.836. The first kappa shape index (κ1) is 11.4. The van der Waals surface area contributed by atoms with Gasteiger partial charge < -0.3 is 14.8 Å². The Balaban J connectivity index is 2.20. The summed E-state index contributed by atoms with van der Waals surface area (Å²) in [6, 6.07) is 6.32. The van der Waals surface area contributed by atoms with Crippen LogP contribution in [0.1, 0.15) is 11.1 Å². The zero-order chi connectivity index (χ0) is 11.6. The first-order valence-electron chi connectivity index (χ1n) is 5.58. The lowest BCUT2D eigenvalue weighted by Crippen LogP contribution is -2.61. The molecule has 0 radical (unpaired) electrons. The van der Waals surface area contributed by atoms with E-state index in [1.165, 1.54) is 11.1 Å². The third-order valence-corrected chi connectivity index (χ3v) is 3.28. The second-order valence-electron chi connectivity index (χ2n) is 4.48. The zero-order valence-electron chi connectivity index (χ0n) is 10.2. The van der Waals surface area contributed by atoms with Gasteiger partial charge in [-0.3, -0.25) is 0 Å². The van der Waals surface area contributed by atoms with E-state index in [0.29, 0.717) is 0 Å². The van der Waals surface area contributed by atoms with Crippen molar-refractivity contribution in [3.05, 3.63) is 29.3 Å². The van der Waals surface area contributed by atoms with Gasteiger partial charge in [-0.2, -0.15) is 0 Å². The highest BCUT2D eigenvalue weighted by molar-refractivity contribution is 5.38. The van der Waals surface area contributed by atoms with Crippen LogP contribution in [0.15, 0.2) is 18.2 Å². The van der Waals surface area contributed by atoms with Crippen LogP contribution in [0.25, 0.3) is 0 Å². The molecule has 0 atom stereocenters. The number of nitrogens with one attached hydrogen (secondary N) is 1. The fourth-order valence-corrected chi connectivity index (χ4v) is 2.09. The van der Waals surface area contributed by atoms with Crippen LogP contribution in [-0.4, -0.2) is 32.9 Å². The van der Waals surface area contributed by atoms with Crippen molar-refractivity contribution < 1.29 is 9.47 Å². The summed E-state index contributed by atoms with van der Waals surface area (Å²) in [6.45, 7) is 3.91. The molecule has 3 nitrogen and oxygen atoms in total. The Labute approximate surface area is 96.8 Å². The Kier molecular flexibility index (Phi) is 3.17. The SMILES string of the molecule is COc1cc(C)ccc1CC1(OC)CNC1. The summed E-state index contributed by atoms with van der Waals surface area (Å²) in [5, 5.41) is 3.26. The molecule has 0 aliphatic carbocycles. The van der Waals surface area contributed by atoms with Crippen molar-refractivity contribution in [3.8, 4) is 5.75 Å². The number of benzene rings is 1. The molecule has 0 saturated carbocycles.